The monoisotopic (exact) mass is 293 g/mol. The van der Waals surface area contributed by atoms with E-state index in [1.807, 2.05) is 31.2 Å². The zero-order valence-electron chi connectivity index (χ0n) is 11.6. The van der Waals surface area contributed by atoms with E-state index in [0.29, 0.717) is 17.4 Å². The fraction of sp³-hybridized carbons (Fsp3) is 0.286. The van der Waals surface area contributed by atoms with Gasteiger partial charge in [-0.3, -0.25) is 15.6 Å². The normalized spacial score (nSPS) is 11.1. The number of nitrogens with one attached hydrogen (secondary N) is 3. The summed E-state index contributed by atoms with van der Waals surface area (Å²) >= 11 is 4.95. The molecule has 1 aromatic rings. The Balaban J connectivity index is 2.41. The lowest BCUT2D eigenvalue weighted by molar-refractivity contribution is -0.127. The van der Waals surface area contributed by atoms with E-state index in [4.69, 9.17) is 17.0 Å². The summed E-state index contributed by atoms with van der Waals surface area (Å²) in [6.07, 6.45) is 1.03. The highest BCUT2D eigenvalue weighted by atomic mass is 32.1. The van der Waals surface area contributed by atoms with Crippen LogP contribution in [0.15, 0.2) is 36.9 Å². The summed E-state index contributed by atoms with van der Waals surface area (Å²) in [5, 5.41) is 3.15. The lowest BCUT2D eigenvalue weighted by Gasteiger charge is -2.17. The first kappa shape index (κ1) is 16.0. The highest BCUT2D eigenvalue weighted by Crippen LogP contribution is 2.17. The van der Waals surface area contributed by atoms with Crippen LogP contribution in [0.4, 0.5) is 0 Å². The molecule has 5 nitrogen and oxygen atoms in total. The maximum Gasteiger partial charge on any atom is 0.279 e. The van der Waals surface area contributed by atoms with Crippen LogP contribution in [-0.4, -0.2) is 23.7 Å². The van der Waals surface area contributed by atoms with Crippen molar-refractivity contribution >= 4 is 23.2 Å². The predicted octanol–water partition coefficient (Wildman–Crippen LogP) is 1.44. The Morgan fingerprint density at radius 1 is 1.45 bits per heavy atom. The van der Waals surface area contributed by atoms with Crippen LogP contribution in [0.5, 0.6) is 5.75 Å². The van der Waals surface area contributed by atoms with Crippen molar-refractivity contribution in [2.75, 3.05) is 6.54 Å². The number of benzene rings is 1. The predicted molar refractivity (Wildman–Crippen MR) is 83.3 cm³/mol. The second-order valence-electron chi connectivity index (χ2n) is 4.14. The van der Waals surface area contributed by atoms with Crippen molar-refractivity contribution in [1.82, 2.24) is 16.2 Å². The van der Waals surface area contributed by atoms with Gasteiger partial charge in [-0.15, -0.1) is 6.58 Å². The van der Waals surface area contributed by atoms with Gasteiger partial charge in [-0.2, -0.15) is 0 Å². The number of para-hydroxylation sites is 1. The van der Waals surface area contributed by atoms with E-state index in [-0.39, 0.29) is 5.91 Å². The average Bonchev–Trinajstić information content (AvgIpc) is 2.44. The number of thiocarbonyl (C=S) groups is 1. The molecule has 0 radical (unpaired) electrons. The minimum absolute atomic E-state index is 0.309. The Kier molecular flexibility index (Phi) is 6.52. The molecular formula is C14H19N3O2S. The number of rotatable bonds is 5. The Labute approximate surface area is 124 Å². The summed E-state index contributed by atoms with van der Waals surface area (Å²) in [7, 11) is 0. The minimum Gasteiger partial charge on any atom is -0.481 e. The molecule has 0 aliphatic heterocycles. The van der Waals surface area contributed by atoms with Crippen LogP contribution in [-0.2, 0) is 4.79 Å². The topological polar surface area (TPSA) is 62.4 Å². The molecule has 20 heavy (non-hydrogen) atoms. The van der Waals surface area contributed by atoms with Gasteiger partial charge >= 0.3 is 0 Å². The Morgan fingerprint density at radius 3 is 2.80 bits per heavy atom. The van der Waals surface area contributed by atoms with Gasteiger partial charge in [-0.25, -0.2) is 0 Å². The van der Waals surface area contributed by atoms with E-state index >= 15 is 0 Å². The zero-order valence-corrected chi connectivity index (χ0v) is 12.4. The van der Waals surface area contributed by atoms with E-state index in [9.17, 15) is 4.79 Å². The lowest BCUT2D eigenvalue weighted by atomic mass is 10.2. The van der Waals surface area contributed by atoms with E-state index < -0.39 is 6.10 Å². The maximum absolute atomic E-state index is 11.8. The molecule has 1 aromatic carbocycles. The van der Waals surface area contributed by atoms with Gasteiger partial charge in [0, 0.05) is 6.54 Å². The first-order chi connectivity index (χ1) is 9.54. The zero-order chi connectivity index (χ0) is 15.0. The highest BCUT2D eigenvalue weighted by Gasteiger charge is 2.15. The molecule has 6 heteroatoms. The molecule has 0 bridgehead atoms. The number of hydrazine groups is 1. The quantitative estimate of drug-likeness (QED) is 0.436. The molecule has 0 heterocycles. The van der Waals surface area contributed by atoms with Crippen LogP contribution in [0.3, 0.4) is 0 Å². The van der Waals surface area contributed by atoms with Gasteiger partial charge in [0.1, 0.15) is 5.75 Å². The van der Waals surface area contributed by atoms with Crippen molar-refractivity contribution in [1.29, 1.82) is 0 Å². The number of aryl methyl sites for hydroxylation is 1. The summed E-state index contributed by atoms with van der Waals surface area (Å²) in [5.41, 5.74) is 6.05. The Bertz CT molecular complexity index is 491. The van der Waals surface area contributed by atoms with Gasteiger partial charge in [-0.05, 0) is 37.7 Å². The summed E-state index contributed by atoms with van der Waals surface area (Å²) in [6, 6.07) is 7.52. The van der Waals surface area contributed by atoms with Gasteiger partial charge in [0.25, 0.3) is 5.91 Å². The van der Waals surface area contributed by atoms with Crippen molar-refractivity contribution in [3.63, 3.8) is 0 Å². The van der Waals surface area contributed by atoms with Crippen LogP contribution in [0, 0.1) is 6.92 Å². The van der Waals surface area contributed by atoms with E-state index in [1.165, 1.54) is 0 Å². The molecule has 3 N–H and O–H groups in total. The third-order valence-electron chi connectivity index (χ3n) is 2.47. The molecule has 108 valence electrons. The van der Waals surface area contributed by atoms with Gasteiger partial charge in [0.2, 0.25) is 0 Å². The molecule has 1 atom stereocenters. The van der Waals surface area contributed by atoms with Crippen LogP contribution >= 0.6 is 12.2 Å². The molecule has 0 aliphatic rings. The van der Waals surface area contributed by atoms with Crippen LogP contribution in [0.25, 0.3) is 0 Å². The summed E-state index contributed by atoms with van der Waals surface area (Å²) in [6.45, 7) is 7.67. The number of hydrogen-bond acceptors (Lipinski definition) is 3. The highest BCUT2D eigenvalue weighted by molar-refractivity contribution is 7.80. The van der Waals surface area contributed by atoms with Gasteiger partial charge in [-0.1, -0.05) is 24.3 Å². The fourth-order valence-electron chi connectivity index (χ4n) is 1.36. The second-order valence-corrected chi connectivity index (χ2v) is 4.55. The van der Waals surface area contributed by atoms with Crippen molar-refractivity contribution in [3.05, 3.63) is 42.5 Å². The van der Waals surface area contributed by atoms with Crippen molar-refractivity contribution < 1.29 is 9.53 Å². The number of hydrogen-bond donors (Lipinski definition) is 3. The van der Waals surface area contributed by atoms with E-state index in [1.54, 1.807) is 13.0 Å². The van der Waals surface area contributed by atoms with Crippen molar-refractivity contribution in [3.8, 4) is 5.75 Å². The summed E-state index contributed by atoms with van der Waals surface area (Å²) < 4.78 is 5.59. The largest absolute Gasteiger partial charge is 0.481 e. The van der Waals surface area contributed by atoms with Gasteiger partial charge in [0.15, 0.2) is 11.2 Å². The van der Waals surface area contributed by atoms with E-state index in [0.717, 1.165) is 5.56 Å². The summed E-state index contributed by atoms with van der Waals surface area (Å²) in [4.78, 5) is 11.8. The minimum atomic E-state index is -0.634. The smallest absolute Gasteiger partial charge is 0.279 e. The molecule has 0 aromatic heterocycles. The molecule has 0 saturated heterocycles. The molecular weight excluding hydrogens is 274 g/mol. The first-order valence-electron chi connectivity index (χ1n) is 6.21. The number of ether oxygens (including phenoxy) is 1. The number of carbonyl (C=O) groups excluding carboxylic acids is 1. The Hall–Kier alpha value is -2.08. The molecule has 1 rings (SSSR count). The summed E-state index contributed by atoms with van der Waals surface area (Å²) in [5.74, 6) is 0.374. The second kappa shape index (κ2) is 8.16. The van der Waals surface area contributed by atoms with Crippen LogP contribution < -0.4 is 20.9 Å². The van der Waals surface area contributed by atoms with Crippen LogP contribution in [0.1, 0.15) is 12.5 Å². The van der Waals surface area contributed by atoms with E-state index in [2.05, 4.69) is 22.7 Å². The van der Waals surface area contributed by atoms with Crippen molar-refractivity contribution in [2.45, 2.75) is 20.0 Å². The molecule has 0 unspecified atom stereocenters. The number of carbonyl (C=O) groups is 1. The first-order valence-corrected chi connectivity index (χ1v) is 6.62. The molecule has 0 spiro atoms. The van der Waals surface area contributed by atoms with Crippen molar-refractivity contribution in [2.24, 2.45) is 0 Å². The fourth-order valence-corrected chi connectivity index (χ4v) is 1.50. The van der Waals surface area contributed by atoms with Crippen LogP contribution in [0.2, 0.25) is 0 Å². The molecule has 0 aliphatic carbocycles. The number of amides is 1. The standard InChI is InChI=1S/C14H19N3O2S/c1-4-9-15-14(20)17-16-13(18)11(3)19-12-8-6-5-7-10(12)2/h4-8,11H,1,9H2,2-3H3,(H,16,18)(H2,15,17,20)/t11-/m0/s1. The third-order valence-corrected chi connectivity index (χ3v) is 2.72. The average molecular weight is 293 g/mol. The molecule has 1 amide bonds. The lowest BCUT2D eigenvalue weighted by Crippen LogP contribution is -2.50. The SMILES string of the molecule is C=CCNC(=S)NNC(=O)[C@H](C)Oc1ccccc1C. The Morgan fingerprint density at radius 2 is 2.15 bits per heavy atom. The van der Waals surface area contributed by atoms with Gasteiger partial charge < -0.3 is 10.1 Å². The third kappa shape index (κ3) is 5.27. The molecule has 0 saturated carbocycles. The molecule has 0 fully saturated rings. The van der Waals surface area contributed by atoms with Gasteiger partial charge in [0.05, 0.1) is 0 Å². The maximum atomic E-state index is 11.8.